The summed E-state index contributed by atoms with van der Waals surface area (Å²) in [6.45, 7) is 12.1. The Kier molecular flexibility index (Phi) is 7.51. The molecule has 2 aliphatic heterocycles. The van der Waals surface area contributed by atoms with Gasteiger partial charge < -0.3 is 19.5 Å². The van der Waals surface area contributed by atoms with Gasteiger partial charge in [-0.25, -0.2) is 15.0 Å². The van der Waals surface area contributed by atoms with Gasteiger partial charge in [0.25, 0.3) is 0 Å². The molecule has 11 heteroatoms. The number of carboxylic acids is 1. The Hall–Kier alpha value is -3.70. The lowest BCUT2D eigenvalue weighted by Crippen LogP contribution is -2.38. The number of nitrogens with zero attached hydrogens (tertiary/aromatic N) is 7. The largest absolute Gasteiger partial charge is 0.481 e. The first kappa shape index (κ1) is 30.0. The molecule has 2 aliphatic rings. The molecule has 0 amide bonds. The third-order valence-electron chi connectivity index (χ3n) is 9.57. The summed E-state index contributed by atoms with van der Waals surface area (Å²) in [5, 5.41) is 9.88. The number of benzene rings is 1. The minimum Gasteiger partial charge on any atom is -0.481 e. The number of piperidine rings is 1. The zero-order valence-electron chi connectivity index (χ0n) is 26.8. The van der Waals surface area contributed by atoms with Crippen molar-refractivity contribution in [3.63, 3.8) is 0 Å². The van der Waals surface area contributed by atoms with E-state index in [9.17, 15) is 9.90 Å². The third-order valence-corrected chi connectivity index (χ3v) is 11.5. The summed E-state index contributed by atoms with van der Waals surface area (Å²) in [4.78, 5) is 37.3. The molecule has 1 saturated heterocycles. The molecule has 0 spiro atoms. The van der Waals surface area contributed by atoms with Gasteiger partial charge in [0.1, 0.15) is 21.4 Å². The minimum atomic E-state index is -0.823. The number of carbonyl (C=O) groups is 1. The maximum atomic E-state index is 12.0. The number of anilines is 2. The van der Waals surface area contributed by atoms with Gasteiger partial charge in [-0.2, -0.15) is 0 Å². The molecule has 1 fully saturated rings. The summed E-state index contributed by atoms with van der Waals surface area (Å²) in [6, 6.07) is 6.75. The average molecular weight is 642 g/mol. The molecule has 9 nitrogen and oxygen atoms in total. The summed E-state index contributed by atoms with van der Waals surface area (Å²) >= 11 is 3.28. The Bertz CT molecular complexity index is 1970. The first-order valence-corrected chi connectivity index (χ1v) is 17.6. The number of pyridine rings is 2. The first-order valence-electron chi connectivity index (χ1n) is 15.5. The van der Waals surface area contributed by atoms with Crippen LogP contribution in [0.1, 0.15) is 54.8 Å². The SMILES string of the molecule is CSc1nc2c(nc(N3CCc4cc(-c5c(C)nc(C)c(CC(=O)O)c5N5CCC(C)(C)CC5)ccc4C3)c3ncn(C)c32)s1. The van der Waals surface area contributed by atoms with Gasteiger partial charge in [-0.3, -0.25) is 9.78 Å². The quantitative estimate of drug-likeness (QED) is 0.201. The zero-order chi connectivity index (χ0) is 31.6. The normalized spacial score (nSPS) is 16.5. The lowest BCUT2D eigenvalue weighted by Gasteiger charge is -2.40. The Morgan fingerprint density at radius 3 is 2.53 bits per heavy atom. The Balaban J connectivity index is 1.27. The van der Waals surface area contributed by atoms with Gasteiger partial charge >= 0.3 is 5.97 Å². The highest BCUT2D eigenvalue weighted by Crippen LogP contribution is 2.43. The number of rotatable bonds is 6. The van der Waals surface area contributed by atoms with Crippen LogP contribution in [0.3, 0.4) is 0 Å². The molecule has 6 heterocycles. The number of imidazole rings is 1. The molecule has 4 aromatic heterocycles. The van der Waals surface area contributed by atoms with Crippen molar-refractivity contribution in [1.29, 1.82) is 0 Å². The molecule has 0 atom stereocenters. The molecule has 0 saturated carbocycles. The fourth-order valence-electron chi connectivity index (χ4n) is 7.00. The lowest BCUT2D eigenvalue weighted by molar-refractivity contribution is -0.136. The number of aryl methyl sites for hydroxylation is 3. The summed E-state index contributed by atoms with van der Waals surface area (Å²) in [5.41, 5.74) is 11.5. The van der Waals surface area contributed by atoms with Crippen molar-refractivity contribution in [2.45, 2.75) is 64.3 Å². The van der Waals surface area contributed by atoms with Crippen LogP contribution in [0.4, 0.5) is 11.5 Å². The molecule has 0 unspecified atom stereocenters. The van der Waals surface area contributed by atoms with Crippen LogP contribution in [0.5, 0.6) is 0 Å². The maximum absolute atomic E-state index is 12.0. The van der Waals surface area contributed by atoms with E-state index in [-0.39, 0.29) is 11.8 Å². The van der Waals surface area contributed by atoms with Gasteiger partial charge in [-0.1, -0.05) is 55.1 Å². The van der Waals surface area contributed by atoms with Crippen molar-refractivity contribution in [3.05, 3.63) is 52.6 Å². The lowest BCUT2D eigenvalue weighted by atomic mass is 9.82. The number of thiazole rings is 1. The van der Waals surface area contributed by atoms with Crippen LogP contribution in [0.25, 0.3) is 32.5 Å². The van der Waals surface area contributed by atoms with Crippen LogP contribution in [0.2, 0.25) is 0 Å². The molecule has 1 aromatic carbocycles. The minimum absolute atomic E-state index is 0.0290. The second-order valence-corrected chi connectivity index (χ2v) is 15.2. The summed E-state index contributed by atoms with van der Waals surface area (Å²) in [7, 11) is 2.02. The van der Waals surface area contributed by atoms with Crippen LogP contribution < -0.4 is 9.80 Å². The van der Waals surface area contributed by atoms with Crippen molar-refractivity contribution >= 4 is 62.0 Å². The fourth-order valence-corrected chi connectivity index (χ4v) is 8.43. The Labute approximate surface area is 271 Å². The highest BCUT2D eigenvalue weighted by Gasteiger charge is 2.31. The van der Waals surface area contributed by atoms with E-state index in [4.69, 9.17) is 19.9 Å². The maximum Gasteiger partial charge on any atom is 0.307 e. The van der Waals surface area contributed by atoms with E-state index < -0.39 is 5.97 Å². The monoisotopic (exact) mass is 641 g/mol. The van der Waals surface area contributed by atoms with Gasteiger partial charge in [0.05, 0.1) is 18.4 Å². The fraction of sp³-hybridized carbons (Fsp3) is 0.441. The van der Waals surface area contributed by atoms with E-state index in [2.05, 4.69) is 48.8 Å². The smallest absolute Gasteiger partial charge is 0.307 e. The van der Waals surface area contributed by atoms with Crippen LogP contribution >= 0.6 is 23.1 Å². The Morgan fingerprint density at radius 1 is 1.02 bits per heavy atom. The molecule has 0 bridgehead atoms. The summed E-state index contributed by atoms with van der Waals surface area (Å²) in [6.07, 6.45) is 6.90. The van der Waals surface area contributed by atoms with E-state index in [1.807, 2.05) is 31.1 Å². The highest BCUT2D eigenvalue weighted by molar-refractivity contribution is 8.00. The molecule has 45 heavy (non-hydrogen) atoms. The van der Waals surface area contributed by atoms with Gasteiger partial charge in [-0.15, -0.1) is 0 Å². The molecule has 7 rings (SSSR count). The average Bonchev–Trinajstić information content (AvgIpc) is 3.60. The van der Waals surface area contributed by atoms with E-state index in [1.54, 1.807) is 23.1 Å². The first-order chi connectivity index (χ1) is 21.5. The van der Waals surface area contributed by atoms with Crippen molar-refractivity contribution < 1.29 is 9.90 Å². The molecule has 0 radical (unpaired) electrons. The van der Waals surface area contributed by atoms with E-state index in [1.165, 1.54) is 11.1 Å². The summed E-state index contributed by atoms with van der Waals surface area (Å²) in [5.74, 6) is 0.0898. The van der Waals surface area contributed by atoms with Crippen molar-refractivity contribution in [2.75, 3.05) is 35.7 Å². The number of aromatic nitrogens is 5. The van der Waals surface area contributed by atoms with Crippen LogP contribution in [-0.4, -0.2) is 61.5 Å². The molecular formula is C34H39N7O2S2. The summed E-state index contributed by atoms with van der Waals surface area (Å²) < 4.78 is 3.06. The van der Waals surface area contributed by atoms with E-state index >= 15 is 0 Å². The highest BCUT2D eigenvalue weighted by atomic mass is 32.2. The second-order valence-electron chi connectivity index (χ2n) is 13.2. The van der Waals surface area contributed by atoms with Crippen molar-refractivity contribution in [2.24, 2.45) is 12.5 Å². The van der Waals surface area contributed by atoms with E-state index in [0.29, 0.717) is 0 Å². The molecular weight excluding hydrogens is 603 g/mol. The molecule has 5 aromatic rings. The molecule has 234 valence electrons. The number of aliphatic carboxylic acids is 1. The number of hydrogen-bond acceptors (Lipinski definition) is 9. The number of thioether (sulfide) groups is 1. The number of carboxylic acid groups (broad SMARTS) is 1. The standard InChI is InChI=1S/C34H39N7O2S2/c1-19-24(16-25(42)43)29(40-13-10-34(3,4)11-14-40)26(20(2)36-19)22-7-8-23-17-41(12-9-21(23)15-22)31-27-30(39(5)18-35-27)28-32(38-31)45-33(37-28)44-6/h7-8,15,18H,9-14,16-17H2,1-6H3,(H,42,43). The second kappa shape index (κ2) is 11.3. The predicted octanol–water partition coefficient (Wildman–Crippen LogP) is 6.79. The van der Waals surface area contributed by atoms with Crippen LogP contribution in [0, 0.1) is 19.3 Å². The van der Waals surface area contributed by atoms with Gasteiger partial charge in [0.15, 0.2) is 10.2 Å². The van der Waals surface area contributed by atoms with E-state index in [0.717, 1.165) is 111 Å². The van der Waals surface area contributed by atoms with Crippen molar-refractivity contribution in [1.82, 2.24) is 24.5 Å². The van der Waals surface area contributed by atoms with Crippen LogP contribution in [-0.2, 0) is 31.2 Å². The third kappa shape index (κ3) is 5.33. The molecule has 0 aliphatic carbocycles. The number of hydrogen-bond donors (Lipinski definition) is 1. The Morgan fingerprint density at radius 2 is 1.80 bits per heavy atom. The molecule has 1 N–H and O–H groups in total. The van der Waals surface area contributed by atoms with Crippen molar-refractivity contribution in [3.8, 4) is 11.1 Å². The van der Waals surface area contributed by atoms with Gasteiger partial charge in [0.2, 0.25) is 0 Å². The zero-order valence-corrected chi connectivity index (χ0v) is 28.4. The predicted molar refractivity (Wildman–Crippen MR) is 184 cm³/mol. The van der Waals surface area contributed by atoms with Crippen LogP contribution in [0.15, 0.2) is 28.9 Å². The van der Waals surface area contributed by atoms with Gasteiger partial charge in [-0.05, 0) is 61.5 Å². The topological polar surface area (TPSA) is 100 Å². The number of fused-ring (bicyclic) bond motifs is 4. The van der Waals surface area contributed by atoms with Gasteiger partial charge in [0, 0.05) is 55.7 Å².